The normalized spacial score (nSPS) is 11.0. The quantitative estimate of drug-likeness (QED) is 0.673. The SMILES string of the molecule is O=c1c(O)c(-c2ccccc2)oc2cc(Br)c(Cl)c(O)c12. The third kappa shape index (κ3) is 2.18. The van der Waals surface area contributed by atoms with Crippen molar-refractivity contribution in [2.75, 3.05) is 0 Å². The molecule has 2 aromatic carbocycles. The van der Waals surface area contributed by atoms with Crippen LogP contribution in [0.2, 0.25) is 5.02 Å². The summed E-state index contributed by atoms with van der Waals surface area (Å²) in [5, 5.41) is 19.9. The van der Waals surface area contributed by atoms with Crippen molar-refractivity contribution >= 4 is 38.5 Å². The van der Waals surface area contributed by atoms with Gasteiger partial charge in [-0.3, -0.25) is 4.79 Å². The van der Waals surface area contributed by atoms with Crippen LogP contribution in [-0.4, -0.2) is 10.2 Å². The number of hydrogen-bond acceptors (Lipinski definition) is 4. The third-order valence-corrected chi connectivity index (χ3v) is 4.30. The van der Waals surface area contributed by atoms with E-state index in [1.165, 1.54) is 6.07 Å². The summed E-state index contributed by atoms with van der Waals surface area (Å²) in [4.78, 5) is 12.3. The Kier molecular flexibility index (Phi) is 3.39. The highest BCUT2D eigenvalue weighted by atomic mass is 79.9. The zero-order valence-electron chi connectivity index (χ0n) is 10.4. The first-order chi connectivity index (χ1) is 10.0. The molecule has 1 heterocycles. The van der Waals surface area contributed by atoms with Gasteiger partial charge in [-0.05, 0) is 22.0 Å². The molecule has 0 aliphatic heterocycles. The van der Waals surface area contributed by atoms with Crippen molar-refractivity contribution in [3.8, 4) is 22.8 Å². The van der Waals surface area contributed by atoms with E-state index in [4.69, 9.17) is 16.0 Å². The van der Waals surface area contributed by atoms with Crippen molar-refractivity contribution < 1.29 is 14.6 Å². The molecule has 0 spiro atoms. The minimum Gasteiger partial charge on any atom is -0.505 e. The largest absolute Gasteiger partial charge is 0.505 e. The fourth-order valence-corrected chi connectivity index (χ4v) is 2.60. The number of aromatic hydroxyl groups is 2. The fraction of sp³-hybridized carbons (Fsp3) is 0. The van der Waals surface area contributed by atoms with Gasteiger partial charge < -0.3 is 14.6 Å². The lowest BCUT2D eigenvalue weighted by Gasteiger charge is -2.08. The van der Waals surface area contributed by atoms with Gasteiger partial charge in [0.25, 0.3) is 0 Å². The lowest BCUT2D eigenvalue weighted by atomic mass is 10.1. The first-order valence-electron chi connectivity index (χ1n) is 5.93. The van der Waals surface area contributed by atoms with Crippen LogP contribution in [0.4, 0.5) is 0 Å². The Morgan fingerprint density at radius 1 is 1.10 bits per heavy atom. The van der Waals surface area contributed by atoms with Crippen LogP contribution in [0.1, 0.15) is 0 Å². The standard InChI is InChI=1S/C15H8BrClO4/c16-8-6-9-10(12(18)11(8)17)13(19)14(20)15(21-9)7-4-2-1-3-5-7/h1-6,18,20H. The van der Waals surface area contributed by atoms with Crippen LogP contribution in [0.25, 0.3) is 22.3 Å². The molecule has 4 nitrogen and oxygen atoms in total. The molecular weight excluding hydrogens is 360 g/mol. The van der Waals surface area contributed by atoms with Crippen molar-refractivity contribution in [1.29, 1.82) is 0 Å². The van der Waals surface area contributed by atoms with E-state index in [0.717, 1.165) is 0 Å². The van der Waals surface area contributed by atoms with Gasteiger partial charge in [0.15, 0.2) is 5.76 Å². The molecule has 0 amide bonds. The molecule has 0 unspecified atom stereocenters. The number of benzene rings is 2. The summed E-state index contributed by atoms with van der Waals surface area (Å²) in [6, 6.07) is 10.2. The second-order valence-electron chi connectivity index (χ2n) is 4.37. The molecule has 1 aromatic heterocycles. The molecule has 2 N–H and O–H groups in total. The maximum Gasteiger partial charge on any atom is 0.238 e. The highest BCUT2D eigenvalue weighted by Gasteiger charge is 2.20. The Hall–Kier alpha value is -1.98. The zero-order chi connectivity index (χ0) is 15.1. The molecule has 6 heteroatoms. The van der Waals surface area contributed by atoms with Crippen molar-refractivity contribution in [2.24, 2.45) is 0 Å². The summed E-state index contributed by atoms with van der Waals surface area (Å²) in [7, 11) is 0. The number of hydrogen-bond donors (Lipinski definition) is 2. The maximum atomic E-state index is 12.3. The molecular formula is C15H8BrClO4. The topological polar surface area (TPSA) is 70.7 Å². The summed E-state index contributed by atoms with van der Waals surface area (Å²) in [6.07, 6.45) is 0. The molecule has 0 bridgehead atoms. The van der Waals surface area contributed by atoms with Gasteiger partial charge in [0, 0.05) is 10.0 Å². The van der Waals surface area contributed by atoms with Crippen LogP contribution < -0.4 is 5.43 Å². The molecule has 0 saturated carbocycles. The van der Waals surface area contributed by atoms with E-state index < -0.39 is 16.9 Å². The summed E-state index contributed by atoms with van der Waals surface area (Å²) in [5.41, 5.74) is -0.0491. The predicted molar refractivity (Wildman–Crippen MR) is 84.0 cm³/mol. The smallest absolute Gasteiger partial charge is 0.238 e. The Labute approximate surface area is 132 Å². The summed E-state index contributed by atoms with van der Waals surface area (Å²) >= 11 is 9.05. The van der Waals surface area contributed by atoms with E-state index >= 15 is 0 Å². The van der Waals surface area contributed by atoms with Gasteiger partial charge in [-0.25, -0.2) is 0 Å². The highest BCUT2D eigenvalue weighted by molar-refractivity contribution is 9.10. The second-order valence-corrected chi connectivity index (χ2v) is 5.60. The Bertz CT molecular complexity index is 903. The van der Waals surface area contributed by atoms with Gasteiger partial charge in [0.1, 0.15) is 16.7 Å². The number of rotatable bonds is 1. The molecule has 21 heavy (non-hydrogen) atoms. The van der Waals surface area contributed by atoms with Gasteiger partial charge in [0.05, 0.1) is 5.02 Å². The molecule has 3 rings (SSSR count). The molecule has 0 radical (unpaired) electrons. The first-order valence-corrected chi connectivity index (χ1v) is 7.10. The number of phenols is 1. The zero-order valence-corrected chi connectivity index (χ0v) is 12.8. The van der Waals surface area contributed by atoms with Crippen LogP contribution in [0.5, 0.6) is 11.5 Å². The third-order valence-electron chi connectivity index (χ3n) is 3.06. The van der Waals surface area contributed by atoms with Gasteiger partial charge in [-0.2, -0.15) is 0 Å². The van der Waals surface area contributed by atoms with Gasteiger partial charge in [-0.15, -0.1) is 0 Å². The Balaban J connectivity index is 2.44. The highest BCUT2D eigenvalue weighted by Crippen LogP contribution is 2.39. The van der Waals surface area contributed by atoms with Crippen LogP contribution in [0.3, 0.4) is 0 Å². The number of halogens is 2. The Morgan fingerprint density at radius 2 is 1.76 bits per heavy atom. The van der Waals surface area contributed by atoms with Gasteiger partial charge in [-0.1, -0.05) is 41.9 Å². The first kappa shape index (κ1) is 14.0. The van der Waals surface area contributed by atoms with Crippen molar-refractivity contribution in [2.45, 2.75) is 0 Å². The molecule has 0 saturated heterocycles. The monoisotopic (exact) mass is 366 g/mol. The van der Waals surface area contributed by atoms with E-state index in [1.807, 2.05) is 6.07 Å². The molecule has 106 valence electrons. The fourth-order valence-electron chi connectivity index (χ4n) is 2.06. The minimum absolute atomic E-state index is 0.0124. The van der Waals surface area contributed by atoms with E-state index in [9.17, 15) is 15.0 Å². The number of fused-ring (bicyclic) bond motifs is 1. The molecule has 0 atom stereocenters. The minimum atomic E-state index is -0.734. The molecule has 0 fully saturated rings. The van der Waals surface area contributed by atoms with Crippen LogP contribution in [0.15, 0.2) is 50.1 Å². The van der Waals surface area contributed by atoms with E-state index in [-0.39, 0.29) is 21.8 Å². The van der Waals surface area contributed by atoms with Gasteiger partial charge in [0.2, 0.25) is 11.2 Å². The van der Waals surface area contributed by atoms with E-state index in [1.54, 1.807) is 24.3 Å². The lowest BCUT2D eigenvalue weighted by Crippen LogP contribution is -2.03. The molecule has 0 aliphatic rings. The Morgan fingerprint density at radius 3 is 2.43 bits per heavy atom. The average Bonchev–Trinajstić information content (AvgIpc) is 2.49. The molecule has 3 aromatic rings. The van der Waals surface area contributed by atoms with Crippen LogP contribution in [0, 0.1) is 0 Å². The van der Waals surface area contributed by atoms with E-state index in [0.29, 0.717) is 10.0 Å². The number of phenolic OH excluding ortho intramolecular Hbond substituents is 1. The molecule has 0 aliphatic carbocycles. The lowest BCUT2D eigenvalue weighted by molar-refractivity contribution is 0.445. The van der Waals surface area contributed by atoms with Gasteiger partial charge >= 0.3 is 0 Å². The van der Waals surface area contributed by atoms with Crippen molar-refractivity contribution in [3.05, 3.63) is 56.1 Å². The van der Waals surface area contributed by atoms with Crippen molar-refractivity contribution in [1.82, 2.24) is 0 Å². The van der Waals surface area contributed by atoms with E-state index in [2.05, 4.69) is 15.9 Å². The maximum absolute atomic E-state index is 12.3. The summed E-state index contributed by atoms with van der Waals surface area (Å²) in [6.45, 7) is 0. The summed E-state index contributed by atoms with van der Waals surface area (Å²) < 4.78 is 5.97. The second kappa shape index (κ2) is 5.09. The van der Waals surface area contributed by atoms with Crippen molar-refractivity contribution in [3.63, 3.8) is 0 Å². The van der Waals surface area contributed by atoms with Crippen LogP contribution >= 0.6 is 27.5 Å². The summed E-state index contributed by atoms with van der Waals surface area (Å²) in [5.74, 6) is -0.950. The van der Waals surface area contributed by atoms with Crippen LogP contribution in [-0.2, 0) is 0 Å². The predicted octanol–water partition coefficient (Wildman–Crippen LogP) is 4.29. The average molecular weight is 368 g/mol.